The van der Waals surface area contributed by atoms with Crippen LogP contribution < -0.4 is 5.32 Å². The molecule has 0 saturated carbocycles. The van der Waals surface area contributed by atoms with E-state index in [1.807, 2.05) is 6.07 Å². The molecule has 2 heteroatoms. The van der Waals surface area contributed by atoms with E-state index in [9.17, 15) is 0 Å². The van der Waals surface area contributed by atoms with Crippen molar-refractivity contribution in [2.75, 3.05) is 6.54 Å². The summed E-state index contributed by atoms with van der Waals surface area (Å²) in [5, 5.41) is 3.26. The second-order valence-electron chi connectivity index (χ2n) is 3.40. The number of piperidine rings is 1. The lowest BCUT2D eigenvalue weighted by Crippen LogP contribution is -2.33. The van der Waals surface area contributed by atoms with Gasteiger partial charge in [0.1, 0.15) is 0 Å². The first-order chi connectivity index (χ1) is 6.38. The number of rotatable bonds is 1. The lowest BCUT2D eigenvalue weighted by Gasteiger charge is -2.24. The fraction of sp³-hybridized carbons (Fsp3) is 0.364. The van der Waals surface area contributed by atoms with Crippen molar-refractivity contribution in [3.8, 4) is 0 Å². The quantitative estimate of drug-likeness (QED) is 0.684. The maximum atomic E-state index is 5.30. The van der Waals surface area contributed by atoms with Crippen molar-refractivity contribution in [2.45, 2.75) is 18.8 Å². The average Bonchev–Trinajstić information content (AvgIpc) is 2.20. The van der Waals surface area contributed by atoms with Crippen molar-refractivity contribution < 1.29 is 0 Å². The average molecular weight is 191 g/mol. The van der Waals surface area contributed by atoms with Crippen LogP contribution in [0.2, 0.25) is 0 Å². The second-order valence-corrected chi connectivity index (χ2v) is 3.84. The first-order valence-electron chi connectivity index (χ1n) is 4.70. The maximum absolute atomic E-state index is 5.30. The van der Waals surface area contributed by atoms with Gasteiger partial charge < -0.3 is 5.32 Å². The van der Waals surface area contributed by atoms with Gasteiger partial charge in [0, 0.05) is 12.5 Å². The van der Waals surface area contributed by atoms with Crippen molar-refractivity contribution in [1.29, 1.82) is 0 Å². The van der Waals surface area contributed by atoms with E-state index in [0.717, 1.165) is 11.5 Å². The molecule has 1 aromatic rings. The van der Waals surface area contributed by atoms with E-state index in [1.165, 1.54) is 18.4 Å². The first-order valence-corrected chi connectivity index (χ1v) is 5.11. The molecular formula is C11H13NS. The Morgan fingerprint density at radius 3 is 2.69 bits per heavy atom. The van der Waals surface area contributed by atoms with Crippen LogP contribution in [-0.4, -0.2) is 11.5 Å². The smallest absolute Gasteiger partial charge is 0.0829 e. The molecule has 0 aliphatic carbocycles. The van der Waals surface area contributed by atoms with Crippen LogP contribution in [0, 0.1) is 0 Å². The third-order valence-corrected chi connectivity index (χ3v) is 2.92. The summed E-state index contributed by atoms with van der Waals surface area (Å²) >= 11 is 5.30. The molecule has 1 aliphatic rings. The minimum atomic E-state index is 0.449. The Morgan fingerprint density at radius 2 is 2.00 bits per heavy atom. The van der Waals surface area contributed by atoms with Gasteiger partial charge in [-0.05, 0) is 18.4 Å². The normalized spacial score (nSPS) is 22.5. The lowest BCUT2D eigenvalue weighted by molar-refractivity contribution is 0.624. The number of hydrogen-bond acceptors (Lipinski definition) is 1. The molecule has 1 saturated heterocycles. The Labute approximate surface area is 84.2 Å². The van der Waals surface area contributed by atoms with Crippen LogP contribution in [0.4, 0.5) is 0 Å². The largest absolute Gasteiger partial charge is 0.379 e. The minimum absolute atomic E-state index is 0.449. The number of thiocarbonyl (C=S) groups is 1. The third-order valence-electron chi connectivity index (χ3n) is 2.49. The molecule has 0 aromatic heterocycles. The molecule has 1 unspecified atom stereocenters. The molecule has 68 valence electrons. The summed E-state index contributed by atoms with van der Waals surface area (Å²) in [5.41, 5.74) is 1.35. The van der Waals surface area contributed by atoms with Gasteiger partial charge in [0.2, 0.25) is 0 Å². The van der Waals surface area contributed by atoms with Gasteiger partial charge in [0.15, 0.2) is 0 Å². The Morgan fingerprint density at radius 1 is 1.23 bits per heavy atom. The minimum Gasteiger partial charge on any atom is -0.379 e. The molecule has 1 nitrogen and oxygen atoms in total. The summed E-state index contributed by atoms with van der Waals surface area (Å²) in [5.74, 6) is 0.449. The summed E-state index contributed by atoms with van der Waals surface area (Å²) in [4.78, 5) is 1.01. The molecule has 1 fully saturated rings. The van der Waals surface area contributed by atoms with Crippen molar-refractivity contribution >= 4 is 17.2 Å². The van der Waals surface area contributed by atoms with Crippen molar-refractivity contribution in [2.24, 2.45) is 0 Å². The van der Waals surface area contributed by atoms with Crippen LogP contribution in [0.25, 0.3) is 0 Å². The predicted molar refractivity (Wildman–Crippen MR) is 59.0 cm³/mol. The molecule has 0 bridgehead atoms. The first kappa shape index (κ1) is 8.70. The number of benzene rings is 1. The maximum Gasteiger partial charge on any atom is 0.0829 e. The van der Waals surface area contributed by atoms with Crippen LogP contribution in [0.3, 0.4) is 0 Å². The fourth-order valence-electron chi connectivity index (χ4n) is 1.78. The zero-order valence-electron chi connectivity index (χ0n) is 7.49. The molecule has 1 heterocycles. The van der Waals surface area contributed by atoms with Crippen molar-refractivity contribution in [3.63, 3.8) is 0 Å². The summed E-state index contributed by atoms with van der Waals surface area (Å²) in [7, 11) is 0. The molecule has 0 radical (unpaired) electrons. The Balaban J connectivity index is 2.20. The number of nitrogens with one attached hydrogen (secondary N) is 1. The van der Waals surface area contributed by atoms with E-state index >= 15 is 0 Å². The van der Waals surface area contributed by atoms with Gasteiger partial charge in [-0.25, -0.2) is 0 Å². The molecule has 2 rings (SSSR count). The molecular weight excluding hydrogens is 178 g/mol. The van der Waals surface area contributed by atoms with Crippen LogP contribution in [0.15, 0.2) is 30.3 Å². The van der Waals surface area contributed by atoms with Gasteiger partial charge in [0.25, 0.3) is 0 Å². The van der Waals surface area contributed by atoms with Crippen LogP contribution >= 0.6 is 12.2 Å². The Kier molecular flexibility index (Phi) is 2.60. The number of hydrogen-bond donors (Lipinski definition) is 1. The van der Waals surface area contributed by atoms with Crippen molar-refractivity contribution in [3.05, 3.63) is 35.9 Å². The molecule has 1 aromatic carbocycles. The van der Waals surface area contributed by atoms with E-state index < -0.39 is 0 Å². The molecule has 1 atom stereocenters. The zero-order valence-corrected chi connectivity index (χ0v) is 8.31. The highest BCUT2D eigenvalue weighted by atomic mass is 32.1. The molecule has 1 N–H and O–H groups in total. The molecule has 0 spiro atoms. The van der Waals surface area contributed by atoms with Crippen LogP contribution in [0.5, 0.6) is 0 Å². The summed E-state index contributed by atoms with van der Waals surface area (Å²) in [6.07, 6.45) is 2.41. The fourth-order valence-corrected chi connectivity index (χ4v) is 2.13. The Bertz CT molecular complexity index is 294. The summed E-state index contributed by atoms with van der Waals surface area (Å²) in [6.45, 7) is 1.04. The lowest BCUT2D eigenvalue weighted by atomic mass is 9.92. The molecule has 13 heavy (non-hydrogen) atoms. The molecule has 0 amide bonds. The van der Waals surface area contributed by atoms with Gasteiger partial charge in [-0.2, -0.15) is 0 Å². The van der Waals surface area contributed by atoms with Gasteiger partial charge in [-0.1, -0.05) is 42.5 Å². The predicted octanol–water partition coefficient (Wildman–Crippen LogP) is 2.48. The van der Waals surface area contributed by atoms with E-state index in [-0.39, 0.29) is 0 Å². The highest BCUT2D eigenvalue weighted by molar-refractivity contribution is 7.80. The monoisotopic (exact) mass is 191 g/mol. The van der Waals surface area contributed by atoms with Gasteiger partial charge in [0.05, 0.1) is 4.99 Å². The van der Waals surface area contributed by atoms with Gasteiger partial charge in [-0.3, -0.25) is 0 Å². The Hall–Kier alpha value is -0.890. The summed E-state index contributed by atoms with van der Waals surface area (Å²) < 4.78 is 0. The topological polar surface area (TPSA) is 12.0 Å². The highest BCUT2D eigenvalue weighted by Crippen LogP contribution is 2.24. The SMILES string of the molecule is S=C1NCCCC1c1ccccc1. The molecule has 1 aliphatic heterocycles. The van der Waals surface area contributed by atoms with Gasteiger partial charge in [-0.15, -0.1) is 0 Å². The van der Waals surface area contributed by atoms with Crippen LogP contribution in [-0.2, 0) is 0 Å². The van der Waals surface area contributed by atoms with E-state index in [0.29, 0.717) is 5.92 Å². The van der Waals surface area contributed by atoms with E-state index in [4.69, 9.17) is 12.2 Å². The zero-order chi connectivity index (χ0) is 9.10. The van der Waals surface area contributed by atoms with E-state index in [1.54, 1.807) is 0 Å². The van der Waals surface area contributed by atoms with Gasteiger partial charge >= 0.3 is 0 Å². The van der Waals surface area contributed by atoms with Crippen LogP contribution in [0.1, 0.15) is 24.3 Å². The second kappa shape index (κ2) is 3.88. The third kappa shape index (κ3) is 1.89. The summed E-state index contributed by atoms with van der Waals surface area (Å²) in [6, 6.07) is 10.5. The highest BCUT2D eigenvalue weighted by Gasteiger charge is 2.19. The van der Waals surface area contributed by atoms with Crippen molar-refractivity contribution in [1.82, 2.24) is 5.32 Å². The van der Waals surface area contributed by atoms with E-state index in [2.05, 4.69) is 29.6 Å². The standard InChI is InChI=1S/C11H13NS/c13-11-10(7-4-8-12-11)9-5-2-1-3-6-9/h1-3,5-6,10H,4,7-8H2,(H,12,13).